The smallest absolute Gasteiger partial charge is 0.433 e. The first kappa shape index (κ1) is 24.5. The van der Waals surface area contributed by atoms with Gasteiger partial charge in [0.15, 0.2) is 0 Å². The number of allylic oxidation sites excluding steroid dienone is 2. The zero-order chi connectivity index (χ0) is 24.5. The van der Waals surface area contributed by atoms with Gasteiger partial charge in [0, 0.05) is 48.2 Å². The summed E-state index contributed by atoms with van der Waals surface area (Å²) in [7, 11) is 0. The molecule has 0 atom stereocenters. The molecular weight excluding hydrogens is 454 g/mol. The van der Waals surface area contributed by atoms with Crippen LogP contribution in [0.5, 0.6) is 0 Å². The van der Waals surface area contributed by atoms with Crippen molar-refractivity contribution in [2.75, 3.05) is 37.6 Å². The average Bonchev–Trinajstić information content (AvgIpc) is 3.59. The van der Waals surface area contributed by atoms with Crippen molar-refractivity contribution < 1.29 is 9.53 Å². The van der Waals surface area contributed by atoms with Gasteiger partial charge < -0.3 is 9.64 Å². The maximum atomic E-state index is 12.0. The molecule has 2 fully saturated rings. The minimum atomic E-state index is -0.489. The molecule has 1 amide bonds. The lowest BCUT2D eigenvalue weighted by molar-refractivity contribution is 0.0604. The van der Waals surface area contributed by atoms with Crippen molar-refractivity contribution in [3.63, 3.8) is 0 Å². The highest BCUT2D eigenvalue weighted by Gasteiger charge is 2.41. The number of carbonyl (C=O) groups excluding carboxylic acids is 1. The normalized spacial score (nSPS) is 25.7. The highest BCUT2D eigenvalue weighted by molar-refractivity contribution is 7.17. The molecule has 6 heteroatoms. The van der Waals surface area contributed by atoms with Gasteiger partial charge in [-0.2, -0.15) is 4.99 Å². The molecule has 5 rings (SSSR count). The number of aliphatic imine (C=N–C) groups is 1. The molecule has 1 saturated heterocycles. The van der Waals surface area contributed by atoms with Gasteiger partial charge in [-0.25, -0.2) is 4.79 Å². The number of piperazine rings is 1. The molecule has 1 aliphatic heterocycles. The topological polar surface area (TPSA) is 45.1 Å². The van der Waals surface area contributed by atoms with E-state index in [-0.39, 0.29) is 0 Å². The molecule has 0 radical (unpaired) electrons. The zero-order valence-corrected chi connectivity index (χ0v) is 22.3. The maximum absolute atomic E-state index is 12.0. The third kappa shape index (κ3) is 5.97. The average molecular weight is 494 g/mol. The van der Waals surface area contributed by atoms with Gasteiger partial charge in [-0.3, -0.25) is 4.90 Å². The molecular formula is C29H39N3O2S. The molecule has 0 spiro atoms. The van der Waals surface area contributed by atoms with Crippen molar-refractivity contribution >= 4 is 39.4 Å². The van der Waals surface area contributed by atoms with E-state index in [0.717, 1.165) is 39.0 Å². The lowest BCUT2D eigenvalue weighted by Crippen LogP contribution is -2.47. The second kappa shape index (κ2) is 10.1. The Morgan fingerprint density at radius 3 is 2.60 bits per heavy atom. The molecule has 5 nitrogen and oxygen atoms in total. The van der Waals surface area contributed by atoms with E-state index in [1.807, 2.05) is 38.3 Å². The van der Waals surface area contributed by atoms with Gasteiger partial charge in [0.05, 0.1) is 0 Å². The number of amides is 1. The fourth-order valence-electron chi connectivity index (χ4n) is 5.85. The summed E-state index contributed by atoms with van der Waals surface area (Å²) in [5.41, 5.74) is 2.96. The van der Waals surface area contributed by atoms with E-state index in [1.54, 1.807) is 5.57 Å². The summed E-state index contributed by atoms with van der Waals surface area (Å²) < 4.78 is 6.71. The highest BCUT2D eigenvalue weighted by atomic mass is 32.1. The first-order chi connectivity index (χ1) is 16.8. The third-order valence-corrected chi connectivity index (χ3v) is 8.84. The molecule has 3 aliphatic rings. The second-order valence-electron chi connectivity index (χ2n) is 11.5. The maximum Gasteiger partial charge on any atom is 0.433 e. The fourth-order valence-corrected chi connectivity index (χ4v) is 6.66. The van der Waals surface area contributed by atoms with Crippen molar-refractivity contribution in [1.82, 2.24) is 4.90 Å². The molecule has 1 aromatic heterocycles. The van der Waals surface area contributed by atoms with E-state index in [4.69, 9.17) is 4.74 Å². The second-order valence-corrected chi connectivity index (χ2v) is 12.4. The third-order valence-electron chi connectivity index (χ3n) is 7.95. The van der Waals surface area contributed by atoms with E-state index in [1.165, 1.54) is 48.0 Å². The Balaban J connectivity index is 1.11. The van der Waals surface area contributed by atoms with Crippen LogP contribution < -0.4 is 4.90 Å². The number of fused-ring (bicyclic) bond motifs is 1. The van der Waals surface area contributed by atoms with Crippen molar-refractivity contribution in [1.29, 1.82) is 0 Å². The Kier molecular flexibility index (Phi) is 7.04. The van der Waals surface area contributed by atoms with Crippen molar-refractivity contribution in [2.45, 2.75) is 64.9 Å². The summed E-state index contributed by atoms with van der Waals surface area (Å²) in [6.07, 6.45) is 10.9. The number of carbonyl (C=O) groups is 1. The van der Waals surface area contributed by atoms with Crippen molar-refractivity contribution in [3.8, 4) is 0 Å². The summed E-state index contributed by atoms with van der Waals surface area (Å²) in [5.74, 6) is 0.387. The molecule has 1 aromatic carbocycles. The standard InChI is InChI=1S/C29H39N3O2S/c1-28(2,3)34-27(33)30-21-22-9-12-29(13-10-22,23-7-8-23)14-15-31-16-18-32(19-17-31)25-5-4-6-26-24(25)11-20-35-26/h4-7,11,20-22H,8-10,12-19H2,1-3H3. The molecule has 2 aromatic rings. The SMILES string of the molecule is CC(C)(C)OC(=O)N=CC1CCC(CCN2CCN(c3cccc4sccc34)CC2)(C2=CC2)CC1. The summed E-state index contributed by atoms with van der Waals surface area (Å²) in [4.78, 5) is 21.3. The van der Waals surface area contributed by atoms with Crippen LogP contribution in [0.4, 0.5) is 10.5 Å². The van der Waals surface area contributed by atoms with Gasteiger partial charge in [-0.15, -0.1) is 11.3 Å². The number of thiophene rings is 1. The first-order valence-corrected chi connectivity index (χ1v) is 14.1. The molecule has 35 heavy (non-hydrogen) atoms. The van der Waals surface area contributed by atoms with Gasteiger partial charge in [-0.05, 0) is 101 Å². The minimum Gasteiger partial charge on any atom is -0.442 e. The van der Waals surface area contributed by atoms with E-state index in [2.05, 4.69) is 50.5 Å². The van der Waals surface area contributed by atoms with E-state index in [0.29, 0.717) is 11.3 Å². The van der Waals surface area contributed by atoms with Crippen LogP contribution in [-0.2, 0) is 4.74 Å². The van der Waals surface area contributed by atoms with Gasteiger partial charge in [0.25, 0.3) is 0 Å². The highest BCUT2D eigenvalue weighted by Crippen LogP contribution is 2.52. The molecule has 0 unspecified atom stereocenters. The largest absolute Gasteiger partial charge is 0.442 e. The number of nitrogens with zero attached hydrogens (tertiary/aromatic N) is 3. The van der Waals surface area contributed by atoms with Crippen LogP contribution in [0, 0.1) is 11.3 Å². The van der Waals surface area contributed by atoms with Crippen LogP contribution in [0.15, 0.2) is 46.3 Å². The van der Waals surface area contributed by atoms with E-state index >= 15 is 0 Å². The summed E-state index contributed by atoms with van der Waals surface area (Å²) >= 11 is 1.83. The zero-order valence-electron chi connectivity index (χ0n) is 21.5. The Labute approximate surface area is 213 Å². The molecule has 0 bridgehead atoms. The summed E-state index contributed by atoms with van der Waals surface area (Å²) in [6.45, 7) is 11.3. The monoisotopic (exact) mass is 493 g/mol. The quantitative estimate of drug-likeness (QED) is 0.323. The Morgan fingerprint density at radius 2 is 1.91 bits per heavy atom. The predicted octanol–water partition coefficient (Wildman–Crippen LogP) is 6.93. The Hall–Kier alpha value is -2.18. The number of hydrogen-bond acceptors (Lipinski definition) is 5. The van der Waals surface area contributed by atoms with Crippen LogP contribution >= 0.6 is 11.3 Å². The number of benzene rings is 1. The summed E-state index contributed by atoms with van der Waals surface area (Å²) in [5, 5.41) is 3.60. The van der Waals surface area contributed by atoms with Crippen molar-refractivity contribution in [3.05, 3.63) is 41.3 Å². The first-order valence-electron chi connectivity index (χ1n) is 13.2. The Morgan fingerprint density at radius 1 is 1.17 bits per heavy atom. The van der Waals surface area contributed by atoms with Gasteiger partial charge in [0.2, 0.25) is 0 Å². The number of ether oxygens (including phenoxy) is 1. The van der Waals surface area contributed by atoms with Crippen LogP contribution in [0.2, 0.25) is 0 Å². The van der Waals surface area contributed by atoms with E-state index in [9.17, 15) is 4.79 Å². The lowest BCUT2D eigenvalue weighted by Gasteiger charge is -2.42. The molecule has 188 valence electrons. The minimum absolute atomic E-state index is 0.371. The molecule has 1 saturated carbocycles. The number of anilines is 1. The summed E-state index contributed by atoms with van der Waals surface area (Å²) in [6, 6.07) is 8.97. The van der Waals surface area contributed by atoms with Gasteiger partial charge in [0.1, 0.15) is 5.60 Å². The Bertz CT molecular complexity index is 1100. The predicted molar refractivity (Wildman–Crippen MR) is 147 cm³/mol. The van der Waals surface area contributed by atoms with Gasteiger partial charge >= 0.3 is 6.09 Å². The van der Waals surface area contributed by atoms with Crippen molar-refractivity contribution in [2.24, 2.45) is 16.3 Å². The van der Waals surface area contributed by atoms with E-state index < -0.39 is 11.7 Å². The fraction of sp³-hybridized carbons (Fsp3) is 0.586. The molecule has 2 heterocycles. The van der Waals surface area contributed by atoms with Crippen LogP contribution in [0.3, 0.4) is 0 Å². The van der Waals surface area contributed by atoms with Crippen LogP contribution in [-0.4, -0.2) is 55.5 Å². The molecule has 2 aliphatic carbocycles. The number of rotatable bonds is 6. The van der Waals surface area contributed by atoms with Crippen LogP contribution in [0.1, 0.15) is 59.3 Å². The molecule has 0 N–H and O–H groups in total. The number of hydrogen-bond donors (Lipinski definition) is 0. The van der Waals surface area contributed by atoms with Gasteiger partial charge in [-0.1, -0.05) is 17.7 Å². The van der Waals surface area contributed by atoms with Crippen LogP contribution in [0.25, 0.3) is 10.1 Å². The lowest BCUT2D eigenvalue weighted by atomic mass is 9.67.